The van der Waals surface area contributed by atoms with E-state index in [2.05, 4.69) is 0 Å². The Labute approximate surface area is 158 Å². The van der Waals surface area contributed by atoms with Gasteiger partial charge in [-0.15, -0.1) is 0 Å². The third kappa shape index (κ3) is 4.52. The molecular weight excluding hydrogens is 343 g/mol. The number of halogens is 1. The van der Waals surface area contributed by atoms with Crippen LogP contribution in [0.4, 0.5) is 4.39 Å². The summed E-state index contributed by atoms with van der Waals surface area (Å²) in [4.78, 5) is 12.1. The van der Waals surface area contributed by atoms with Crippen molar-refractivity contribution in [1.82, 2.24) is 0 Å². The second kappa shape index (κ2) is 8.78. The average molecular weight is 366 g/mol. The maximum Gasteiger partial charge on any atom is 0.346 e. The van der Waals surface area contributed by atoms with Gasteiger partial charge in [-0.1, -0.05) is 55.5 Å². The standard InChI is InChI=1S/C23H23FO3/c1-3-20-15-19-13-12-18(22(24)21(19)23(25)27-20)11-10-17-8-6-16(7-9-17)5-4-14-26-2/h4-9,12-13,15H,3,10-11,14H2,1-2H3/b5-4+. The van der Waals surface area contributed by atoms with Gasteiger partial charge in [0.15, 0.2) is 0 Å². The highest BCUT2D eigenvalue weighted by molar-refractivity contribution is 5.82. The van der Waals surface area contributed by atoms with E-state index in [-0.39, 0.29) is 5.39 Å². The Bertz CT molecular complexity index is 1000. The molecule has 0 radical (unpaired) electrons. The van der Waals surface area contributed by atoms with Crippen molar-refractivity contribution < 1.29 is 13.5 Å². The van der Waals surface area contributed by atoms with Crippen molar-refractivity contribution in [2.24, 2.45) is 0 Å². The van der Waals surface area contributed by atoms with Gasteiger partial charge < -0.3 is 9.15 Å². The topological polar surface area (TPSA) is 39.4 Å². The molecule has 0 atom stereocenters. The lowest BCUT2D eigenvalue weighted by molar-refractivity contribution is 0.234. The molecule has 0 aliphatic heterocycles. The summed E-state index contributed by atoms with van der Waals surface area (Å²) >= 11 is 0. The molecule has 140 valence electrons. The third-order valence-corrected chi connectivity index (χ3v) is 4.58. The van der Waals surface area contributed by atoms with Gasteiger partial charge in [0.2, 0.25) is 0 Å². The fourth-order valence-electron chi connectivity index (χ4n) is 3.06. The number of benzene rings is 2. The summed E-state index contributed by atoms with van der Waals surface area (Å²) in [6, 6.07) is 13.4. The molecule has 0 bridgehead atoms. The number of rotatable bonds is 7. The van der Waals surface area contributed by atoms with Gasteiger partial charge in [-0.25, -0.2) is 9.18 Å². The number of aryl methyl sites for hydroxylation is 3. The van der Waals surface area contributed by atoms with Gasteiger partial charge in [-0.2, -0.15) is 0 Å². The Morgan fingerprint density at radius 2 is 1.89 bits per heavy atom. The zero-order valence-electron chi connectivity index (χ0n) is 15.6. The molecule has 0 N–H and O–H groups in total. The van der Waals surface area contributed by atoms with Crippen molar-refractivity contribution in [1.29, 1.82) is 0 Å². The van der Waals surface area contributed by atoms with E-state index < -0.39 is 11.4 Å². The number of methoxy groups -OCH3 is 1. The average Bonchev–Trinajstić information content (AvgIpc) is 2.68. The monoisotopic (exact) mass is 366 g/mol. The first kappa shape index (κ1) is 19.1. The lowest BCUT2D eigenvalue weighted by Crippen LogP contribution is -2.06. The minimum Gasteiger partial charge on any atom is -0.427 e. The quantitative estimate of drug-likeness (QED) is 0.595. The van der Waals surface area contributed by atoms with Crippen LogP contribution in [-0.4, -0.2) is 13.7 Å². The molecule has 2 aromatic carbocycles. The van der Waals surface area contributed by atoms with E-state index in [9.17, 15) is 9.18 Å². The second-order valence-corrected chi connectivity index (χ2v) is 6.46. The summed E-state index contributed by atoms with van der Waals surface area (Å²) in [7, 11) is 1.66. The van der Waals surface area contributed by atoms with Crippen LogP contribution in [0.1, 0.15) is 29.4 Å². The summed E-state index contributed by atoms with van der Waals surface area (Å²) in [5.41, 5.74) is 2.14. The molecule has 3 nitrogen and oxygen atoms in total. The SMILES string of the molecule is CCc1cc2ccc(CCc3ccc(/C=C/COC)cc3)c(F)c2c(=O)o1. The van der Waals surface area contributed by atoms with Crippen LogP contribution in [-0.2, 0) is 24.0 Å². The van der Waals surface area contributed by atoms with E-state index in [4.69, 9.17) is 9.15 Å². The number of hydrogen-bond acceptors (Lipinski definition) is 3. The Morgan fingerprint density at radius 1 is 1.11 bits per heavy atom. The van der Waals surface area contributed by atoms with Crippen molar-refractivity contribution in [2.45, 2.75) is 26.2 Å². The van der Waals surface area contributed by atoms with E-state index in [1.807, 2.05) is 43.3 Å². The molecule has 0 fully saturated rings. The molecule has 1 aromatic heterocycles. The lowest BCUT2D eigenvalue weighted by Gasteiger charge is -2.07. The van der Waals surface area contributed by atoms with Gasteiger partial charge >= 0.3 is 5.63 Å². The second-order valence-electron chi connectivity index (χ2n) is 6.46. The molecule has 0 unspecified atom stereocenters. The largest absolute Gasteiger partial charge is 0.427 e. The molecule has 0 saturated heterocycles. The van der Waals surface area contributed by atoms with E-state index in [1.54, 1.807) is 25.3 Å². The highest BCUT2D eigenvalue weighted by Gasteiger charge is 2.13. The normalized spacial score (nSPS) is 11.5. The van der Waals surface area contributed by atoms with Crippen molar-refractivity contribution in [3.63, 3.8) is 0 Å². The van der Waals surface area contributed by atoms with Crippen LogP contribution in [0.2, 0.25) is 0 Å². The first-order valence-corrected chi connectivity index (χ1v) is 9.11. The maximum absolute atomic E-state index is 14.8. The summed E-state index contributed by atoms with van der Waals surface area (Å²) in [5.74, 6) is 0.0994. The van der Waals surface area contributed by atoms with Crippen molar-refractivity contribution in [3.8, 4) is 0 Å². The number of hydrogen-bond donors (Lipinski definition) is 0. The van der Waals surface area contributed by atoms with Crippen molar-refractivity contribution in [2.75, 3.05) is 13.7 Å². The van der Waals surface area contributed by atoms with E-state index in [1.165, 1.54) is 0 Å². The van der Waals surface area contributed by atoms with Gasteiger partial charge in [0.25, 0.3) is 0 Å². The molecule has 1 heterocycles. The first-order valence-electron chi connectivity index (χ1n) is 9.11. The van der Waals surface area contributed by atoms with Crippen LogP contribution in [0.25, 0.3) is 16.8 Å². The molecule has 3 aromatic rings. The number of ether oxygens (including phenoxy) is 1. The number of fused-ring (bicyclic) bond motifs is 1. The molecule has 0 amide bonds. The van der Waals surface area contributed by atoms with Crippen LogP contribution in [0.15, 0.2) is 57.8 Å². The van der Waals surface area contributed by atoms with Gasteiger partial charge in [0.05, 0.1) is 6.61 Å². The van der Waals surface area contributed by atoms with Crippen LogP contribution in [0.5, 0.6) is 0 Å². The summed E-state index contributed by atoms with van der Waals surface area (Å²) in [5, 5.41) is 0.639. The predicted molar refractivity (Wildman–Crippen MR) is 107 cm³/mol. The summed E-state index contributed by atoms with van der Waals surface area (Å²) < 4.78 is 25.0. The summed E-state index contributed by atoms with van der Waals surface area (Å²) in [6.07, 6.45) is 5.78. The molecule has 0 aliphatic carbocycles. The predicted octanol–water partition coefficient (Wildman–Crippen LogP) is 4.94. The summed E-state index contributed by atoms with van der Waals surface area (Å²) in [6.45, 7) is 2.48. The van der Waals surface area contributed by atoms with Crippen LogP contribution < -0.4 is 5.63 Å². The fourth-order valence-corrected chi connectivity index (χ4v) is 3.06. The van der Waals surface area contributed by atoms with Crippen LogP contribution >= 0.6 is 0 Å². The minimum atomic E-state index is -0.601. The molecule has 3 rings (SSSR count). The van der Waals surface area contributed by atoms with E-state index in [0.29, 0.717) is 42.6 Å². The van der Waals surface area contributed by atoms with Gasteiger partial charge in [0, 0.05) is 13.5 Å². The van der Waals surface area contributed by atoms with Gasteiger partial charge in [-0.05, 0) is 41.0 Å². The van der Waals surface area contributed by atoms with E-state index in [0.717, 1.165) is 11.1 Å². The minimum absolute atomic E-state index is 0.0447. The molecule has 0 spiro atoms. The van der Waals surface area contributed by atoms with Crippen LogP contribution in [0.3, 0.4) is 0 Å². The zero-order valence-corrected chi connectivity index (χ0v) is 15.6. The molecule has 4 heteroatoms. The fraction of sp³-hybridized carbons (Fsp3) is 0.261. The third-order valence-electron chi connectivity index (χ3n) is 4.58. The highest BCUT2D eigenvalue weighted by Crippen LogP contribution is 2.21. The highest BCUT2D eigenvalue weighted by atomic mass is 19.1. The Balaban J connectivity index is 1.76. The molecule has 0 aliphatic rings. The molecular formula is C23H23FO3. The smallest absolute Gasteiger partial charge is 0.346 e. The van der Waals surface area contributed by atoms with Crippen molar-refractivity contribution >= 4 is 16.8 Å². The Kier molecular flexibility index (Phi) is 6.20. The van der Waals surface area contributed by atoms with Crippen LogP contribution in [0, 0.1) is 5.82 Å². The lowest BCUT2D eigenvalue weighted by atomic mass is 10.00. The first-order chi connectivity index (χ1) is 13.1. The Morgan fingerprint density at radius 3 is 2.59 bits per heavy atom. The molecule has 0 saturated carbocycles. The Hall–Kier alpha value is -2.72. The van der Waals surface area contributed by atoms with Gasteiger partial charge in [-0.3, -0.25) is 0 Å². The maximum atomic E-state index is 14.8. The zero-order chi connectivity index (χ0) is 19.2. The van der Waals surface area contributed by atoms with Crippen molar-refractivity contribution in [3.05, 3.63) is 87.2 Å². The van der Waals surface area contributed by atoms with Gasteiger partial charge in [0.1, 0.15) is 17.0 Å². The molecule has 27 heavy (non-hydrogen) atoms. The van der Waals surface area contributed by atoms with E-state index >= 15 is 0 Å².